The molecule has 0 radical (unpaired) electrons. The summed E-state index contributed by atoms with van der Waals surface area (Å²) in [7, 11) is 0. The van der Waals surface area contributed by atoms with Crippen molar-refractivity contribution in [3.05, 3.63) is 36.2 Å². The third-order valence-electron chi connectivity index (χ3n) is 1.84. The molecule has 1 aromatic rings. The minimum Gasteiger partial charge on any atom is -0.307 e. The van der Waals surface area contributed by atoms with Gasteiger partial charge in [0.25, 0.3) is 0 Å². The number of nitrogens with one attached hydrogen (secondary N) is 1. The molecule has 3 heteroatoms. The molecule has 0 bridgehead atoms. The molecule has 1 aromatic heterocycles. The number of hydrogen-bond acceptors (Lipinski definition) is 3. The Labute approximate surface area is 78.9 Å². The van der Waals surface area contributed by atoms with E-state index < -0.39 is 0 Å². The summed E-state index contributed by atoms with van der Waals surface area (Å²) in [4.78, 5) is 0. The van der Waals surface area contributed by atoms with E-state index in [-0.39, 0.29) is 6.04 Å². The number of likely N-dealkylation sites (N-methyl/N-ethyl adjacent to an activating group) is 1. The molecule has 0 saturated heterocycles. The number of hydrogen-bond donors (Lipinski definition) is 1. The highest BCUT2D eigenvalue weighted by molar-refractivity contribution is 5.21. The molecular weight excluding hydrogens is 162 g/mol. The summed E-state index contributed by atoms with van der Waals surface area (Å²) in [5, 5.41) is 10.9. The van der Waals surface area contributed by atoms with Gasteiger partial charge in [-0.2, -0.15) is 10.2 Å². The summed E-state index contributed by atoms with van der Waals surface area (Å²) in [6.07, 6.45) is 3.46. The van der Waals surface area contributed by atoms with Gasteiger partial charge >= 0.3 is 0 Å². The van der Waals surface area contributed by atoms with Crippen LogP contribution < -0.4 is 5.32 Å². The lowest BCUT2D eigenvalue weighted by Crippen LogP contribution is -2.21. The monoisotopic (exact) mass is 177 g/mol. The van der Waals surface area contributed by atoms with Crippen LogP contribution in [0.15, 0.2) is 30.6 Å². The molecule has 1 N–H and O–H groups in total. The Morgan fingerprint density at radius 1 is 1.62 bits per heavy atom. The molecular formula is C10H15N3. The Bertz CT molecular complexity index is 269. The van der Waals surface area contributed by atoms with Crippen molar-refractivity contribution in [2.45, 2.75) is 19.9 Å². The Morgan fingerprint density at radius 3 is 2.85 bits per heavy atom. The van der Waals surface area contributed by atoms with E-state index in [1.807, 2.05) is 13.0 Å². The highest BCUT2D eigenvalue weighted by Gasteiger charge is 2.09. The van der Waals surface area contributed by atoms with Gasteiger partial charge in [0, 0.05) is 6.20 Å². The molecule has 13 heavy (non-hydrogen) atoms. The zero-order valence-corrected chi connectivity index (χ0v) is 8.12. The zero-order valence-electron chi connectivity index (χ0n) is 8.12. The highest BCUT2D eigenvalue weighted by atomic mass is 15.1. The zero-order chi connectivity index (χ0) is 9.68. The Morgan fingerprint density at radius 2 is 2.38 bits per heavy atom. The van der Waals surface area contributed by atoms with Gasteiger partial charge in [0.2, 0.25) is 0 Å². The topological polar surface area (TPSA) is 37.8 Å². The van der Waals surface area contributed by atoms with Crippen LogP contribution in [-0.4, -0.2) is 16.7 Å². The van der Waals surface area contributed by atoms with Crippen LogP contribution in [0.3, 0.4) is 0 Å². The van der Waals surface area contributed by atoms with Crippen molar-refractivity contribution in [3.63, 3.8) is 0 Å². The van der Waals surface area contributed by atoms with E-state index in [4.69, 9.17) is 0 Å². The van der Waals surface area contributed by atoms with E-state index in [0.29, 0.717) is 0 Å². The van der Waals surface area contributed by atoms with Gasteiger partial charge in [-0.1, -0.05) is 19.1 Å². The molecule has 0 aromatic carbocycles. The molecule has 0 aliphatic carbocycles. The summed E-state index contributed by atoms with van der Waals surface area (Å²) in [6, 6.07) is 2.15. The second-order valence-corrected chi connectivity index (χ2v) is 3.01. The van der Waals surface area contributed by atoms with Crippen LogP contribution >= 0.6 is 0 Å². The van der Waals surface area contributed by atoms with Crippen molar-refractivity contribution in [1.29, 1.82) is 0 Å². The van der Waals surface area contributed by atoms with Gasteiger partial charge in [-0.25, -0.2) is 0 Å². The average Bonchev–Trinajstić information content (AvgIpc) is 2.15. The molecule has 1 rings (SSSR count). The van der Waals surface area contributed by atoms with Gasteiger partial charge in [-0.15, -0.1) is 0 Å². The maximum Gasteiger partial charge on any atom is 0.0547 e. The predicted molar refractivity (Wildman–Crippen MR) is 53.3 cm³/mol. The first-order valence-electron chi connectivity index (χ1n) is 4.41. The van der Waals surface area contributed by atoms with Gasteiger partial charge < -0.3 is 5.32 Å². The molecule has 0 aliphatic rings. The van der Waals surface area contributed by atoms with Crippen LogP contribution in [0.2, 0.25) is 0 Å². The van der Waals surface area contributed by atoms with E-state index >= 15 is 0 Å². The first-order chi connectivity index (χ1) is 6.25. The van der Waals surface area contributed by atoms with Crippen LogP contribution in [-0.2, 0) is 0 Å². The maximum atomic E-state index is 3.94. The number of aromatic nitrogens is 2. The number of nitrogens with zero attached hydrogens (tertiary/aromatic N) is 2. The van der Waals surface area contributed by atoms with Crippen molar-refractivity contribution in [1.82, 2.24) is 15.5 Å². The molecule has 1 heterocycles. The van der Waals surface area contributed by atoms with Gasteiger partial charge in [0.15, 0.2) is 0 Å². The van der Waals surface area contributed by atoms with Gasteiger partial charge in [0.1, 0.15) is 0 Å². The van der Waals surface area contributed by atoms with E-state index in [9.17, 15) is 0 Å². The molecule has 70 valence electrons. The first kappa shape index (κ1) is 9.86. The van der Waals surface area contributed by atoms with Crippen molar-refractivity contribution < 1.29 is 0 Å². The van der Waals surface area contributed by atoms with Gasteiger partial charge in [-0.05, 0) is 25.1 Å². The van der Waals surface area contributed by atoms with Crippen LogP contribution in [0.5, 0.6) is 0 Å². The Hall–Kier alpha value is -1.22. The lowest BCUT2D eigenvalue weighted by atomic mass is 10.0. The Balaban J connectivity index is 2.82. The fourth-order valence-corrected chi connectivity index (χ4v) is 1.25. The molecule has 3 nitrogen and oxygen atoms in total. The minimum absolute atomic E-state index is 0.195. The van der Waals surface area contributed by atoms with Crippen LogP contribution in [0.25, 0.3) is 0 Å². The SMILES string of the molecule is C=C(C)C(NCC)c1ccnnc1. The van der Waals surface area contributed by atoms with Crippen LogP contribution in [0, 0.1) is 0 Å². The van der Waals surface area contributed by atoms with Crippen molar-refractivity contribution >= 4 is 0 Å². The average molecular weight is 177 g/mol. The second kappa shape index (κ2) is 4.72. The minimum atomic E-state index is 0.195. The quantitative estimate of drug-likeness (QED) is 0.711. The van der Waals surface area contributed by atoms with Gasteiger partial charge in [0.05, 0.1) is 12.2 Å². The molecule has 1 atom stereocenters. The summed E-state index contributed by atoms with van der Waals surface area (Å²) in [5.41, 5.74) is 2.21. The second-order valence-electron chi connectivity index (χ2n) is 3.01. The standard InChI is InChI=1S/C10H15N3/c1-4-11-10(8(2)3)9-5-6-12-13-7-9/h5-7,10-11H,2,4H2,1,3H3. The largest absolute Gasteiger partial charge is 0.307 e. The predicted octanol–water partition coefficient (Wildman–Crippen LogP) is 1.70. The summed E-state index contributed by atoms with van der Waals surface area (Å²) < 4.78 is 0. The van der Waals surface area contributed by atoms with Gasteiger partial charge in [-0.3, -0.25) is 0 Å². The Kier molecular flexibility index (Phi) is 3.58. The summed E-state index contributed by atoms with van der Waals surface area (Å²) >= 11 is 0. The van der Waals surface area contributed by atoms with E-state index in [2.05, 4.69) is 29.0 Å². The van der Waals surface area contributed by atoms with Crippen molar-refractivity contribution in [2.24, 2.45) is 0 Å². The fraction of sp³-hybridized carbons (Fsp3) is 0.400. The third kappa shape index (κ3) is 2.63. The highest BCUT2D eigenvalue weighted by Crippen LogP contribution is 2.17. The van der Waals surface area contributed by atoms with Crippen molar-refractivity contribution in [2.75, 3.05) is 6.54 Å². The lowest BCUT2D eigenvalue weighted by molar-refractivity contribution is 0.617. The molecule has 0 amide bonds. The van der Waals surface area contributed by atoms with Crippen molar-refractivity contribution in [3.8, 4) is 0 Å². The smallest absolute Gasteiger partial charge is 0.0547 e. The number of rotatable bonds is 4. The lowest BCUT2D eigenvalue weighted by Gasteiger charge is -2.17. The van der Waals surface area contributed by atoms with Crippen LogP contribution in [0.4, 0.5) is 0 Å². The molecule has 0 aliphatic heterocycles. The van der Waals surface area contributed by atoms with E-state index in [0.717, 1.165) is 17.7 Å². The maximum absolute atomic E-state index is 3.94. The third-order valence-corrected chi connectivity index (χ3v) is 1.84. The molecule has 0 fully saturated rings. The summed E-state index contributed by atoms with van der Waals surface area (Å²) in [5.74, 6) is 0. The molecule has 1 unspecified atom stereocenters. The van der Waals surface area contributed by atoms with Crippen LogP contribution in [0.1, 0.15) is 25.5 Å². The first-order valence-corrected chi connectivity index (χ1v) is 4.41. The molecule has 0 saturated carbocycles. The summed E-state index contributed by atoms with van der Waals surface area (Å²) in [6.45, 7) is 8.94. The van der Waals surface area contributed by atoms with E-state index in [1.165, 1.54) is 0 Å². The van der Waals surface area contributed by atoms with E-state index in [1.54, 1.807) is 12.4 Å². The normalized spacial score (nSPS) is 12.5. The molecule has 0 spiro atoms. The fourth-order valence-electron chi connectivity index (χ4n) is 1.25.